The van der Waals surface area contributed by atoms with Crippen molar-refractivity contribution in [1.29, 1.82) is 0 Å². The van der Waals surface area contributed by atoms with E-state index in [0.29, 0.717) is 42.2 Å². The van der Waals surface area contributed by atoms with Crippen molar-refractivity contribution in [2.75, 3.05) is 63.8 Å². The van der Waals surface area contributed by atoms with E-state index in [9.17, 15) is 18.0 Å². The highest BCUT2D eigenvalue weighted by atomic mass is 19.4. The zero-order chi connectivity index (χ0) is 26.2. The second-order valence-corrected chi connectivity index (χ2v) is 10.4. The van der Waals surface area contributed by atoms with Crippen LogP contribution in [0.3, 0.4) is 0 Å². The number of hydrogen-bond acceptors (Lipinski definition) is 6. The van der Waals surface area contributed by atoms with Gasteiger partial charge in [0.2, 0.25) is 0 Å². The molecule has 9 heteroatoms. The van der Waals surface area contributed by atoms with E-state index < -0.39 is 17.7 Å². The number of fused-ring (bicyclic) bond motifs is 1. The van der Waals surface area contributed by atoms with Crippen molar-refractivity contribution in [3.63, 3.8) is 0 Å². The van der Waals surface area contributed by atoms with Crippen LogP contribution in [0.15, 0.2) is 30.3 Å². The van der Waals surface area contributed by atoms with Crippen LogP contribution < -0.4 is 15.0 Å². The smallest absolute Gasteiger partial charge is 0.416 e. The molecule has 0 spiro atoms. The molecule has 1 N–H and O–H groups in total. The third-order valence-electron chi connectivity index (χ3n) is 7.75. The molecule has 5 rings (SSSR count). The number of likely N-dealkylation sites (tertiary alicyclic amines) is 1. The van der Waals surface area contributed by atoms with Crippen LogP contribution in [-0.2, 0) is 23.8 Å². The Kier molecular flexibility index (Phi) is 7.36. The van der Waals surface area contributed by atoms with E-state index in [4.69, 9.17) is 9.47 Å². The molecule has 1 atom stereocenters. The minimum atomic E-state index is -4.46. The van der Waals surface area contributed by atoms with Crippen molar-refractivity contribution in [2.24, 2.45) is 5.92 Å². The van der Waals surface area contributed by atoms with E-state index in [1.54, 1.807) is 19.2 Å². The minimum Gasteiger partial charge on any atom is -0.495 e. The highest BCUT2D eigenvalue weighted by Gasteiger charge is 2.35. The van der Waals surface area contributed by atoms with E-state index in [1.807, 2.05) is 6.07 Å². The lowest BCUT2D eigenvalue weighted by molar-refractivity contribution is -0.137. The van der Waals surface area contributed by atoms with E-state index in [2.05, 4.69) is 22.2 Å². The Morgan fingerprint density at radius 2 is 1.78 bits per heavy atom. The number of morpholine rings is 1. The van der Waals surface area contributed by atoms with Gasteiger partial charge < -0.3 is 24.6 Å². The number of carbonyl (C=O) groups is 1. The first-order valence-electron chi connectivity index (χ1n) is 13.0. The van der Waals surface area contributed by atoms with Gasteiger partial charge in [-0.15, -0.1) is 0 Å². The molecule has 0 radical (unpaired) electrons. The summed E-state index contributed by atoms with van der Waals surface area (Å²) in [6.07, 6.45) is -1.93. The number of alkyl halides is 3. The highest BCUT2D eigenvalue weighted by Crippen LogP contribution is 2.39. The maximum atomic E-state index is 13.8. The minimum absolute atomic E-state index is 0.0379. The third-order valence-corrected chi connectivity index (χ3v) is 7.75. The summed E-state index contributed by atoms with van der Waals surface area (Å²) in [7, 11) is 3.64. The Balaban J connectivity index is 1.37. The number of carbonyl (C=O) groups excluding carboxylic acids is 1. The average molecular weight is 518 g/mol. The topological polar surface area (TPSA) is 54.0 Å². The first-order chi connectivity index (χ1) is 17.7. The van der Waals surface area contributed by atoms with Gasteiger partial charge in [0.15, 0.2) is 5.78 Å². The molecule has 0 amide bonds. The second-order valence-electron chi connectivity index (χ2n) is 10.4. The summed E-state index contributed by atoms with van der Waals surface area (Å²) in [5, 5.41) is 3.32. The summed E-state index contributed by atoms with van der Waals surface area (Å²) >= 11 is 0. The number of ether oxygens (including phenoxy) is 2. The maximum absolute atomic E-state index is 13.8. The normalized spacial score (nSPS) is 21.3. The van der Waals surface area contributed by atoms with Crippen molar-refractivity contribution < 1.29 is 27.4 Å². The fourth-order valence-electron chi connectivity index (χ4n) is 5.70. The molecule has 1 unspecified atom stereocenters. The quantitative estimate of drug-likeness (QED) is 0.602. The summed E-state index contributed by atoms with van der Waals surface area (Å²) in [6, 6.07) is 8.10. The van der Waals surface area contributed by atoms with Crippen LogP contribution in [0.4, 0.5) is 24.5 Å². The lowest BCUT2D eigenvalue weighted by Crippen LogP contribution is -2.36. The number of rotatable bonds is 6. The zero-order valence-corrected chi connectivity index (χ0v) is 21.4. The van der Waals surface area contributed by atoms with Crippen molar-refractivity contribution >= 4 is 17.2 Å². The van der Waals surface area contributed by atoms with Gasteiger partial charge in [0, 0.05) is 36.3 Å². The largest absolute Gasteiger partial charge is 0.495 e. The van der Waals surface area contributed by atoms with Crippen LogP contribution in [0, 0.1) is 5.92 Å². The Hall–Kier alpha value is -2.78. The highest BCUT2D eigenvalue weighted by molar-refractivity contribution is 6.03. The van der Waals surface area contributed by atoms with E-state index in [0.717, 1.165) is 50.3 Å². The molecule has 2 aromatic rings. The number of piperidine rings is 1. The number of halogens is 3. The number of nitrogens with zero attached hydrogens (tertiary/aromatic N) is 2. The van der Waals surface area contributed by atoms with Crippen LogP contribution in [0.5, 0.6) is 5.75 Å². The molecular weight excluding hydrogens is 483 g/mol. The molecule has 37 heavy (non-hydrogen) atoms. The van der Waals surface area contributed by atoms with E-state index >= 15 is 0 Å². The van der Waals surface area contributed by atoms with Crippen LogP contribution >= 0.6 is 0 Å². The second kappa shape index (κ2) is 10.5. The Morgan fingerprint density at radius 3 is 2.46 bits per heavy atom. The SMILES string of the molecule is COc1cc2c(cc1N1CCOCC1)CC(Cc1cc(NC3CCN(C)CC3)cc(C(F)(F)F)c1)C2=O. The Labute approximate surface area is 215 Å². The number of hydrogen-bond donors (Lipinski definition) is 1. The Bertz CT molecular complexity index is 1140. The van der Waals surface area contributed by atoms with Crippen LogP contribution in [0.25, 0.3) is 0 Å². The number of anilines is 2. The van der Waals surface area contributed by atoms with Crippen LogP contribution in [0.1, 0.15) is 39.9 Å². The predicted octanol–water partition coefficient (Wildman–Crippen LogP) is 4.65. The van der Waals surface area contributed by atoms with Crippen molar-refractivity contribution in [2.45, 2.75) is 37.9 Å². The van der Waals surface area contributed by atoms with Crippen LogP contribution in [0.2, 0.25) is 0 Å². The number of methoxy groups -OCH3 is 1. The number of nitrogens with one attached hydrogen (secondary N) is 1. The molecule has 0 saturated carbocycles. The fourth-order valence-corrected chi connectivity index (χ4v) is 5.70. The molecule has 0 aromatic heterocycles. The van der Waals surface area contributed by atoms with Gasteiger partial charge in [0.05, 0.1) is 31.6 Å². The van der Waals surface area contributed by atoms with Gasteiger partial charge in [-0.05, 0) is 87.3 Å². The van der Waals surface area contributed by atoms with Gasteiger partial charge in [-0.1, -0.05) is 0 Å². The first-order valence-corrected chi connectivity index (χ1v) is 13.0. The monoisotopic (exact) mass is 517 g/mol. The molecule has 2 fully saturated rings. The maximum Gasteiger partial charge on any atom is 0.416 e. The molecule has 1 aliphatic carbocycles. The summed E-state index contributed by atoms with van der Waals surface area (Å²) in [6.45, 7) is 4.56. The van der Waals surface area contributed by atoms with Crippen molar-refractivity contribution in [3.05, 3.63) is 52.6 Å². The van der Waals surface area contributed by atoms with E-state index in [-0.39, 0.29) is 18.2 Å². The fraction of sp³-hybridized carbons (Fsp3) is 0.536. The van der Waals surface area contributed by atoms with Gasteiger partial charge in [-0.25, -0.2) is 0 Å². The number of Topliss-reactive ketones (excluding diaryl/α,β-unsaturated/α-hetero) is 1. The number of benzene rings is 2. The van der Waals surface area contributed by atoms with Gasteiger partial charge in [-0.3, -0.25) is 4.79 Å². The molecule has 2 saturated heterocycles. The summed E-state index contributed by atoms with van der Waals surface area (Å²) in [5.74, 6) is 0.196. The molecule has 0 bridgehead atoms. The summed E-state index contributed by atoms with van der Waals surface area (Å²) in [5.41, 5.74) is 2.78. The standard InChI is InChI=1S/C28H34F3N3O3/c1-33-5-3-22(4-6-33)32-23-13-18(12-21(16-23)28(29,30)31)11-20-14-19-15-25(34-7-9-37-10-8-34)26(36-2)17-24(19)27(20)35/h12-13,15-17,20,22,32H,3-11,14H2,1-2H3. The zero-order valence-electron chi connectivity index (χ0n) is 21.4. The van der Waals surface area contributed by atoms with Gasteiger partial charge in [0.1, 0.15) is 5.75 Å². The van der Waals surface area contributed by atoms with Gasteiger partial charge in [0.25, 0.3) is 0 Å². The van der Waals surface area contributed by atoms with Gasteiger partial charge in [-0.2, -0.15) is 13.2 Å². The Morgan fingerprint density at radius 1 is 1.05 bits per heavy atom. The molecule has 2 aliphatic heterocycles. The number of ketones is 1. The third kappa shape index (κ3) is 5.72. The summed E-state index contributed by atoms with van der Waals surface area (Å²) in [4.78, 5) is 17.7. The molecular formula is C28H34F3N3O3. The molecule has 3 aliphatic rings. The molecule has 200 valence electrons. The van der Waals surface area contributed by atoms with Crippen molar-refractivity contribution in [1.82, 2.24) is 4.90 Å². The van der Waals surface area contributed by atoms with Crippen molar-refractivity contribution in [3.8, 4) is 5.75 Å². The lowest BCUT2D eigenvalue weighted by Gasteiger charge is -2.30. The van der Waals surface area contributed by atoms with E-state index in [1.165, 1.54) is 12.1 Å². The summed E-state index contributed by atoms with van der Waals surface area (Å²) < 4.78 is 52.3. The molecule has 6 nitrogen and oxygen atoms in total. The van der Waals surface area contributed by atoms with Crippen LogP contribution in [-0.4, -0.2) is 70.3 Å². The molecule has 2 aromatic carbocycles. The van der Waals surface area contributed by atoms with Gasteiger partial charge >= 0.3 is 6.18 Å². The first kappa shape index (κ1) is 25.9. The predicted molar refractivity (Wildman–Crippen MR) is 137 cm³/mol. The lowest BCUT2D eigenvalue weighted by atomic mass is 9.94. The average Bonchev–Trinajstić information content (AvgIpc) is 3.18. The molecule has 2 heterocycles.